The highest BCUT2D eigenvalue weighted by molar-refractivity contribution is 7.89. The largest absolute Gasteiger partial charge is 0.465 e. The maximum absolute atomic E-state index is 14.5. The number of sulfonamides is 1. The maximum atomic E-state index is 14.5. The zero-order valence-electron chi connectivity index (χ0n) is 28.7. The molecule has 274 valence electrons. The Bertz CT molecular complexity index is 1600. The van der Waals surface area contributed by atoms with Gasteiger partial charge in [0.25, 0.3) is 0 Å². The van der Waals surface area contributed by atoms with E-state index in [4.69, 9.17) is 18.9 Å². The average molecular weight is 716 g/mol. The SMILES string of the molecule is CC(C)(CCCNC(=O)C1CCC1)CN(C[C@@H](O)[C@H](Cc1ccccc1)N(C(=O)O)[C@H]1CO[C@H]2OCC[C@H]21)S(=O)(=O)c1ccc2c(c1)OCO2. The molecule has 0 bridgehead atoms. The highest BCUT2D eigenvalue weighted by Crippen LogP contribution is 2.38. The number of hydrogen-bond donors (Lipinski definition) is 3. The van der Waals surface area contributed by atoms with Gasteiger partial charge in [0.2, 0.25) is 22.7 Å². The molecule has 0 aromatic heterocycles. The molecule has 2 saturated heterocycles. The fourth-order valence-corrected chi connectivity index (χ4v) is 9.11. The molecule has 6 rings (SSSR count). The lowest BCUT2D eigenvalue weighted by atomic mass is 9.84. The number of aliphatic hydroxyl groups excluding tert-OH is 1. The van der Waals surface area contributed by atoms with E-state index in [-0.39, 0.29) is 55.5 Å². The molecule has 3 fully saturated rings. The van der Waals surface area contributed by atoms with Crippen molar-refractivity contribution in [1.82, 2.24) is 14.5 Å². The summed E-state index contributed by atoms with van der Waals surface area (Å²) in [5, 5.41) is 25.8. The molecule has 3 aliphatic heterocycles. The molecular weight excluding hydrogens is 666 g/mol. The number of nitrogens with zero attached hydrogens (tertiary/aromatic N) is 2. The van der Waals surface area contributed by atoms with Gasteiger partial charge in [0, 0.05) is 37.5 Å². The summed E-state index contributed by atoms with van der Waals surface area (Å²) in [5.41, 5.74) is 0.231. The summed E-state index contributed by atoms with van der Waals surface area (Å²) in [6.07, 6.45) is 1.77. The Morgan fingerprint density at radius 1 is 1.04 bits per heavy atom. The van der Waals surface area contributed by atoms with Gasteiger partial charge >= 0.3 is 6.09 Å². The van der Waals surface area contributed by atoms with Crippen LogP contribution in [0.5, 0.6) is 11.5 Å². The lowest BCUT2D eigenvalue weighted by Crippen LogP contribution is -2.58. The first-order chi connectivity index (χ1) is 23.9. The second-order valence-corrected chi connectivity index (χ2v) is 16.5. The zero-order valence-corrected chi connectivity index (χ0v) is 29.6. The average Bonchev–Trinajstić information content (AvgIpc) is 3.80. The molecule has 2 amide bonds. The van der Waals surface area contributed by atoms with Gasteiger partial charge in [-0.1, -0.05) is 50.6 Å². The van der Waals surface area contributed by atoms with E-state index < -0.39 is 46.0 Å². The second-order valence-electron chi connectivity index (χ2n) is 14.6. The topological polar surface area (TPSA) is 164 Å². The van der Waals surface area contributed by atoms with Gasteiger partial charge in [-0.3, -0.25) is 9.69 Å². The Morgan fingerprint density at radius 2 is 1.80 bits per heavy atom. The monoisotopic (exact) mass is 715 g/mol. The minimum Gasteiger partial charge on any atom is -0.465 e. The molecule has 2 aromatic rings. The van der Waals surface area contributed by atoms with Crippen LogP contribution in [0, 0.1) is 17.3 Å². The molecule has 0 spiro atoms. The van der Waals surface area contributed by atoms with Gasteiger partial charge in [0.15, 0.2) is 17.8 Å². The van der Waals surface area contributed by atoms with Crippen molar-refractivity contribution in [2.24, 2.45) is 17.3 Å². The number of fused-ring (bicyclic) bond motifs is 2. The lowest BCUT2D eigenvalue weighted by Gasteiger charge is -2.40. The molecule has 2 aromatic carbocycles. The van der Waals surface area contributed by atoms with Crippen molar-refractivity contribution in [2.75, 3.05) is 39.6 Å². The summed E-state index contributed by atoms with van der Waals surface area (Å²) in [6.45, 7) is 4.61. The Balaban J connectivity index is 1.26. The number of ether oxygens (including phenoxy) is 4. The van der Waals surface area contributed by atoms with Crippen LogP contribution in [0.25, 0.3) is 0 Å². The fourth-order valence-electron chi connectivity index (χ4n) is 7.45. The van der Waals surface area contributed by atoms with E-state index in [2.05, 4.69) is 5.32 Å². The highest BCUT2D eigenvalue weighted by Gasteiger charge is 2.49. The Hall–Kier alpha value is -3.43. The first-order valence-corrected chi connectivity index (χ1v) is 19.0. The molecule has 1 saturated carbocycles. The van der Waals surface area contributed by atoms with E-state index in [1.165, 1.54) is 21.3 Å². The van der Waals surface area contributed by atoms with Gasteiger partial charge in [0.05, 0.1) is 36.3 Å². The van der Waals surface area contributed by atoms with E-state index in [9.17, 15) is 28.2 Å². The first kappa shape index (κ1) is 36.4. The van der Waals surface area contributed by atoms with Gasteiger partial charge in [-0.05, 0) is 61.6 Å². The maximum Gasteiger partial charge on any atom is 0.407 e. The molecule has 13 nitrogen and oxygen atoms in total. The van der Waals surface area contributed by atoms with Crippen LogP contribution in [0.1, 0.15) is 57.9 Å². The van der Waals surface area contributed by atoms with Crippen LogP contribution in [0.3, 0.4) is 0 Å². The molecule has 50 heavy (non-hydrogen) atoms. The van der Waals surface area contributed by atoms with Crippen LogP contribution in [-0.4, -0.2) is 104 Å². The van der Waals surface area contributed by atoms with Crippen molar-refractivity contribution in [3.63, 3.8) is 0 Å². The third-order valence-electron chi connectivity index (χ3n) is 10.5. The number of hydrogen-bond acceptors (Lipinski definition) is 9. The molecule has 3 heterocycles. The summed E-state index contributed by atoms with van der Waals surface area (Å²) in [4.78, 5) is 26.6. The minimum absolute atomic E-state index is 0.0183. The summed E-state index contributed by atoms with van der Waals surface area (Å²) in [6, 6.07) is 12.1. The molecule has 1 aliphatic carbocycles. The highest BCUT2D eigenvalue weighted by atomic mass is 32.2. The molecule has 0 unspecified atom stereocenters. The van der Waals surface area contributed by atoms with Gasteiger partial charge in [0.1, 0.15) is 0 Å². The smallest absolute Gasteiger partial charge is 0.407 e. The number of benzene rings is 2. The predicted octanol–water partition coefficient (Wildman–Crippen LogP) is 3.84. The van der Waals surface area contributed by atoms with Crippen LogP contribution >= 0.6 is 0 Å². The molecule has 3 N–H and O–H groups in total. The van der Waals surface area contributed by atoms with Crippen molar-refractivity contribution < 1.29 is 47.2 Å². The van der Waals surface area contributed by atoms with E-state index in [1.54, 1.807) is 6.07 Å². The van der Waals surface area contributed by atoms with Gasteiger partial charge in [-0.25, -0.2) is 13.2 Å². The number of amides is 2. The standard InChI is InChI=1S/C36H49N3O10S/c1-36(2,15-7-16-37-33(41)25-10-6-11-25)22-38(50(44,45)26-12-13-31-32(19-26)49-23-48-31)20-30(40)28(18-24-8-4-3-5-9-24)39(35(42)43)29-21-47-34-27(29)14-17-46-34/h3-5,8-9,12-13,19,25,27-30,34,40H,6-7,10-11,14-18,20-23H2,1-2H3,(H,37,41)(H,42,43)/t27-,28-,29-,30+,34+/m0/s1. The van der Waals surface area contributed by atoms with E-state index in [1.807, 2.05) is 44.2 Å². The summed E-state index contributed by atoms with van der Waals surface area (Å²) in [5.74, 6) is 0.701. The number of aliphatic hydroxyl groups is 1. The van der Waals surface area contributed by atoms with E-state index in [0.717, 1.165) is 24.8 Å². The second kappa shape index (κ2) is 15.4. The van der Waals surface area contributed by atoms with Gasteiger partial charge in [-0.15, -0.1) is 0 Å². The number of carboxylic acid groups (broad SMARTS) is 1. The normalized spacial score (nSPS) is 22.9. The minimum atomic E-state index is -4.23. The number of carbonyl (C=O) groups excluding carboxylic acids is 1. The van der Waals surface area contributed by atoms with Crippen molar-refractivity contribution >= 4 is 22.0 Å². The van der Waals surface area contributed by atoms with E-state index in [0.29, 0.717) is 43.9 Å². The number of nitrogens with one attached hydrogen (secondary N) is 1. The van der Waals surface area contributed by atoms with Crippen molar-refractivity contribution in [1.29, 1.82) is 0 Å². The van der Waals surface area contributed by atoms with Gasteiger partial charge in [-0.2, -0.15) is 4.31 Å². The van der Waals surface area contributed by atoms with Crippen LogP contribution in [0.2, 0.25) is 0 Å². The fraction of sp³-hybridized carbons (Fsp3) is 0.611. The Morgan fingerprint density at radius 3 is 2.52 bits per heavy atom. The molecule has 14 heteroatoms. The van der Waals surface area contributed by atoms with Crippen molar-refractivity contribution in [3.8, 4) is 11.5 Å². The van der Waals surface area contributed by atoms with Gasteiger partial charge < -0.3 is 34.5 Å². The van der Waals surface area contributed by atoms with Crippen LogP contribution in [0.15, 0.2) is 53.4 Å². The molecule has 0 radical (unpaired) electrons. The third-order valence-corrected chi connectivity index (χ3v) is 12.3. The summed E-state index contributed by atoms with van der Waals surface area (Å²) in [7, 11) is -4.23. The van der Waals surface area contributed by atoms with Crippen molar-refractivity contribution in [2.45, 2.75) is 88.2 Å². The first-order valence-electron chi connectivity index (χ1n) is 17.6. The van der Waals surface area contributed by atoms with Crippen molar-refractivity contribution in [3.05, 3.63) is 54.1 Å². The van der Waals surface area contributed by atoms with Crippen LogP contribution < -0.4 is 14.8 Å². The quantitative estimate of drug-likeness (QED) is 0.218. The Kier molecular flexibility index (Phi) is 11.2. The number of carbonyl (C=O) groups is 2. The Labute approximate surface area is 293 Å². The molecule has 5 atom stereocenters. The van der Waals surface area contributed by atoms with Crippen LogP contribution in [0.4, 0.5) is 4.79 Å². The van der Waals surface area contributed by atoms with E-state index >= 15 is 0 Å². The predicted molar refractivity (Wildman–Crippen MR) is 182 cm³/mol. The molecular formula is C36H49N3O10S. The third kappa shape index (κ3) is 8.20. The zero-order chi connectivity index (χ0) is 35.5. The summed E-state index contributed by atoms with van der Waals surface area (Å²) < 4.78 is 52.6. The number of rotatable bonds is 16. The summed E-state index contributed by atoms with van der Waals surface area (Å²) >= 11 is 0. The molecule has 4 aliphatic rings. The lowest BCUT2D eigenvalue weighted by molar-refractivity contribution is -0.127. The van der Waals surface area contributed by atoms with Crippen LogP contribution in [-0.2, 0) is 30.7 Å².